The third-order valence-corrected chi connectivity index (χ3v) is 2.58. The summed E-state index contributed by atoms with van der Waals surface area (Å²) in [6.45, 7) is 2.16. The van der Waals surface area contributed by atoms with Gasteiger partial charge in [0.1, 0.15) is 6.04 Å². The predicted octanol–water partition coefficient (Wildman–Crippen LogP) is 1.98. The molecule has 0 bridgehead atoms. The molecule has 0 radical (unpaired) electrons. The Morgan fingerprint density at radius 3 is 2.75 bits per heavy atom. The summed E-state index contributed by atoms with van der Waals surface area (Å²) in [5.74, 6) is -0.945. The van der Waals surface area contributed by atoms with Gasteiger partial charge in [0.2, 0.25) is 0 Å². The first-order valence-electron chi connectivity index (χ1n) is 5.69. The molecular weight excluding hydrogens is 202 g/mol. The van der Waals surface area contributed by atoms with Crippen LogP contribution in [0.1, 0.15) is 30.9 Å². The van der Waals surface area contributed by atoms with Crippen LogP contribution in [0.25, 0.3) is 0 Å². The number of aryl methyl sites for hydroxylation is 1. The molecule has 0 spiro atoms. The molecule has 0 fully saturated rings. The molecule has 0 saturated heterocycles. The summed E-state index contributed by atoms with van der Waals surface area (Å²) in [4.78, 5) is 10.6. The molecule has 0 aromatic heterocycles. The highest BCUT2D eigenvalue weighted by molar-refractivity contribution is 5.73. The summed E-state index contributed by atoms with van der Waals surface area (Å²) in [6, 6.07) is 7.22. The van der Waals surface area contributed by atoms with Gasteiger partial charge in [-0.25, -0.2) is 0 Å². The molecule has 0 amide bonds. The first-order valence-corrected chi connectivity index (χ1v) is 5.69. The summed E-state index contributed by atoms with van der Waals surface area (Å²) in [5, 5.41) is 8.73. The average Bonchev–Trinajstić information content (AvgIpc) is 2.26. The number of hydrogen-bond acceptors (Lipinski definition) is 2. The molecule has 88 valence electrons. The van der Waals surface area contributed by atoms with E-state index in [2.05, 4.69) is 19.1 Å². The van der Waals surface area contributed by atoms with Gasteiger partial charge in [-0.3, -0.25) is 4.79 Å². The van der Waals surface area contributed by atoms with Crippen molar-refractivity contribution in [2.75, 3.05) is 0 Å². The van der Waals surface area contributed by atoms with Gasteiger partial charge >= 0.3 is 5.97 Å². The molecule has 1 aromatic carbocycles. The molecule has 1 atom stereocenters. The van der Waals surface area contributed by atoms with Gasteiger partial charge < -0.3 is 10.8 Å². The van der Waals surface area contributed by atoms with Crippen LogP contribution >= 0.6 is 0 Å². The largest absolute Gasteiger partial charge is 0.480 e. The summed E-state index contributed by atoms with van der Waals surface area (Å²) in [6.07, 6.45) is 3.77. The van der Waals surface area contributed by atoms with E-state index in [0.717, 1.165) is 18.4 Å². The van der Waals surface area contributed by atoms with E-state index in [1.54, 1.807) is 0 Å². The molecule has 0 aliphatic carbocycles. The number of aliphatic carboxylic acids is 1. The van der Waals surface area contributed by atoms with E-state index in [4.69, 9.17) is 10.8 Å². The van der Waals surface area contributed by atoms with Crippen LogP contribution in [0.3, 0.4) is 0 Å². The Balaban J connectivity index is 2.63. The number of rotatable bonds is 6. The molecule has 3 nitrogen and oxygen atoms in total. The fourth-order valence-electron chi connectivity index (χ4n) is 1.63. The zero-order valence-electron chi connectivity index (χ0n) is 9.65. The second-order valence-corrected chi connectivity index (χ2v) is 4.07. The second-order valence-electron chi connectivity index (χ2n) is 4.07. The minimum absolute atomic E-state index is 0.398. The van der Waals surface area contributed by atoms with Crippen molar-refractivity contribution < 1.29 is 9.90 Å². The van der Waals surface area contributed by atoms with Crippen LogP contribution in [0, 0.1) is 0 Å². The predicted molar refractivity (Wildman–Crippen MR) is 64.4 cm³/mol. The summed E-state index contributed by atoms with van der Waals surface area (Å²) in [7, 11) is 0. The molecular formula is C13H19NO2. The SMILES string of the molecule is CCCCc1cccc(C[C@H](N)C(=O)O)c1. The second kappa shape index (κ2) is 6.28. The number of carboxylic acids is 1. The topological polar surface area (TPSA) is 63.3 Å². The van der Waals surface area contributed by atoms with Crippen molar-refractivity contribution >= 4 is 5.97 Å². The van der Waals surface area contributed by atoms with Gasteiger partial charge in [-0.2, -0.15) is 0 Å². The molecule has 0 unspecified atom stereocenters. The van der Waals surface area contributed by atoms with Crippen molar-refractivity contribution in [1.82, 2.24) is 0 Å². The molecule has 0 saturated carbocycles. The van der Waals surface area contributed by atoms with Crippen molar-refractivity contribution in [3.8, 4) is 0 Å². The van der Waals surface area contributed by atoms with Crippen molar-refractivity contribution in [3.05, 3.63) is 35.4 Å². The molecule has 1 rings (SSSR count). The van der Waals surface area contributed by atoms with Crippen LogP contribution in [0.4, 0.5) is 0 Å². The van der Waals surface area contributed by atoms with Crippen LogP contribution in [-0.2, 0) is 17.6 Å². The minimum Gasteiger partial charge on any atom is -0.480 e. The average molecular weight is 221 g/mol. The van der Waals surface area contributed by atoms with Crippen molar-refractivity contribution in [2.24, 2.45) is 5.73 Å². The van der Waals surface area contributed by atoms with Gasteiger partial charge in [-0.05, 0) is 30.4 Å². The Bertz CT molecular complexity index is 350. The Morgan fingerprint density at radius 1 is 1.44 bits per heavy atom. The van der Waals surface area contributed by atoms with E-state index in [1.807, 2.05) is 12.1 Å². The van der Waals surface area contributed by atoms with E-state index >= 15 is 0 Å². The summed E-state index contributed by atoms with van der Waals surface area (Å²) in [5.41, 5.74) is 7.76. The zero-order chi connectivity index (χ0) is 12.0. The van der Waals surface area contributed by atoms with Crippen molar-refractivity contribution in [1.29, 1.82) is 0 Å². The van der Waals surface area contributed by atoms with Gasteiger partial charge in [-0.15, -0.1) is 0 Å². The summed E-state index contributed by atoms with van der Waals surface area (Å²) >= 11 is 0. The molecule has 0 aliphatic rings. The highest BCUT2D eigenvalue weighted by Gasteiger charge is 2.11. The first-order chi connectivity index (χ1) is 7.63. The van der Waals surface area contributed by atoms with Crippen LogP contribution in [0.2, 0.25) is 0 Å². The van der Waals surface area contributed by atoms with Gasteiger partial charge in [-0.1, -0.05) is 37.6 Å². The minimum atomic E-state index is -0.945. The smallest absolute Gasteiger partial charge is 0.320 e. The molecule has 3 N–H and O–H groups in total. The highest BCUT2D eigenvalue weighted by Crippen LogP contribution is 2.10. The zero-order valence-corrected chi connectivity index (χ0v) is 9.65. The molecule has 0 heterocycles. The van der Waals surface area contributed by atoms with Gasteiger partial charge in [0.15, 0.2) is 0 Å². The van der Waals surface area contributed by atoms with Crippen LogP contribution in [-0.4, -0.2) is 17.1 Å². The van der Waals surface area contributed by atoms with Crippen molar-refractivity contribution in [3.63, 3.8) is 0 Å². The van der Waals surface area contributed by atoms with E-state index in [1.165, 1.54) is 12.0 Å². The lowest BCUT2D eigenvalue weighted by atomic mass is 10.0. The Hall–Kier alpha value is -1.35. The maximum Gasteiger partial charge on any atom is 0.320 e. The Labute approximate surface area is 96.3 Å². The number of carboxylic acid groups (broad SMARTS) is 1. The van der Waals surface area contributed by atoms with E-state index in [9.17, 15) is 4.79 Å². The maximum atomic E-state index is 10.6. The normalized spacial score (nSPS) is 12.4. The molecule has 16 heavy (non-hydrogen) atoms. The Kier molecular flexibility index (Phi) is 4.99. The number of hydrogen-bond donors (Lipinski definition) is 2. The fraction of sp³-hybridized carbons (Fsp3) is 0.462. The molecule has 0 aliphatic heterocycles. The molecule has 1 aromatic rings. The lowest BCUT2D eigenvalue weighted by Crippen LogP contribution is -2.32. The van der Waals surface area contributed by atoms with Gasteiger partial charge in [0.25, 0.3) is 0 Å². The standard InChI is InChI=1S/C13H19NO2/c1-2-3-5-10-6-4-7-11(8-10)9-12(14)13(15)16/h4,6-8,12H,2-3,5,9,14H2,1H3,(H,15,16)/t12-/m0/s1. The van der Waals surface area contributed by atoms with Gasteiger partial charge in [0, 0.05) is 0 Å². The van der Waals surface area contributed by atoms with Crippen LogP contribution in [0.5, 0.6) is 0 Å². The summed E-state index contributed by atoms with van der Waals surface area (Å²) < 4.78 is 0. The van der Waals surface area contributed by atoms with Gasteiger partial charge in [0.05, 0.1) is 0 Å². The van der Waals surface area contributed by atoms with Crippen molar-refractivity contribution in [2.45, 2.75) is 38.6 Å². The lowest BCUT2D eigenvalue weighted by Gasteiger charge is -2.08. The monoisotopic (exact) mass is 221 g/mol. The third kappa shape index (κ3) is 4.03. The number of unbranched alkanes of at least 4 members (excludes halogenated alkanes) is 1. The van der Waals surface area contributed by atoms with Crippen LogP contribution in [0.15, 0.2) is 24.3 Å². The molecule has 3 heteroatoms. The van der Waals surface area contributed by atoms with E-state index < -0.39 is 12.0 Å². The fourth-order valence-corrected chi connectivity index (χ4v) is 1.63. The van der Waals surface area contributed by atoms with E-state index in [-0.39, 0.29) is 0 Å². The number of nitrogens with two attached hydrogens (primary N) is 1. The highest BCUT2D eigenvalue weighted by atomic mass is 16.4. The lowest BCUT2D eigenvalue weighted by molar-refractivity contribution is -0.138. The Morgan fingerprint density at radius 2 is 2.12 bits per heavy atom. The maximum absolute atomic E-state index is 10.6. The van der Waals surface area contributed by atoms with E-state index in [0.29, 0.717) is 6.42 Å². The number of carbonyl (C=O) groups is 1. The first kappa shape index (κ1) is 12.7. The quantitative estimate of drug-likeness (QED) is 0.772. The number of benzene rings is 1. The van der Waals surface area contributed by atoms with Crippen LogP contribution < -0.4 is 5.73 Å². The third-order valence-electron chi connectivity index (χ3n) is 2.58.